The van der Waals surface area contributed by atoms with Crippen molar-refractivity contribution in [2.75, 3.05) is 5.32 Å². The van der Waals surface area contributed by atoms with Gasteiger partial charge in [0.1, 0.15) is 0 Å². The molecule has 2 N–H and O–H groups in total. The molecule has 0 aliphatic heterocycles. The van der Waals surface area contributed by atoms with Gasteiger partial charge < -0.3 is 14.9 Å². The second-order valence-corrected chi connectivity index (χ2v) is 4.70. The van der Waals surface area contributed by atoms with E-state index in [1.807, 2.05) is 0 Å². The number of carboxylic acids is 1. The smallest absolute Gasteiger partial charge is 0.337 e. The largest absolute Gasteiger partial charge is 0.478 e. The van der Waals surface area contributed by atoms with E-state index in [1.54, 1.807) is 13.0 Å². The third-order valence-corrected chi connectivity index (χ3v) is 2.91. The van der Waals surface area contributed by atoms with Crippen molar-refractivity contribution in [3.63, 3.8) is 0 Å². The van der Waals surface area contributed by atoms with Gasteiger partial charge in [0.05, 0.1) is 17.4 Å². The molecule has 6 nitrogen and oxygen atoms in total. The van der Waals surface area contributed by atoms with Crippen molar-refractivity contribution in [2.24, 2.45) is 0 Å². The maximum absolute atomic E-state index is 11.9. The Balaban J connectivity index is 2.33. The minimum absolute atomic E-state index is 0.00582. The van der Waals surface area contributed by atoms with Gasteiger partial charge in [0, 0.05) is 10.0 Å². The van der Waals surface area contributed by atoms with Crippen LogP contribution in [-0.4, -0.2) is 22.1 Å². The molecule has 98 valence electrons. The summed E-state index contributed by atoms with van der Waals surface area (Å²) in [6.45, 7) is 1.67. The van der Waals surface area contributed by atoms with Gasteiger partial charge in [0.15, 0.2) is 0 Å². The summed E-state index contributed by atoms with van der Waals surface area (Å²) in [5, 5.41) is 15.0. The van der Waals surface area contributed by atoms with Crippen molar-refractivity contribution < 1.29 is 19.2 Å². The number of carbonyl (C=O) groups excluding carboxylic acids is 1. The summed E-state index contributed by atoms with van der Waals surface area (Å²) < 4.78 is 5.46. The highest BCUT2D eigenvalue weighted by atomic mass is 79.9. The Morgan fingerprint density at radius 1 is 1.42 bits per heavy atom. The summed E-state index contributed by atoms with van der Waals surface area (Å²) in [5.41, 5.74) is 0.751. The van der Waals surface area contributed by atoms with E-state index in [0.717, 1.165) is 0 Å². The van der Waals surface area contributed by atoms with E-state index in [4.69, 9.17) is 9.63 Å². The normalized spacial score (nSPS) is 10.2. The zero-order chi connectivity index (χ0) is 14.0. The number of halogens is 1. The molecule has 0 spiro atoms. The number of hydrogen-bond donors (Lipinski definition) is 2. The lowest BCUT2D eigenvalue weighted by atomic mass is 10.1. The number of aryl methyl sites for hydroxylation is 1. The lowest BCUT2D eigenvalue weighted by Crippen LogP contribution is -2.15. The van der Waals surface area contributed by atoms with Crippen LogP contribution in [0.4, 0.5) is 5.69 Å². The van der Waals surface area contributed by atoms with Gasteiger partial charge in [0.2, 0.25) is 5.76 Å². The van der Waals surface area contributed by atoms with Gasteiger partial charge in [-0.1, -0.05) is 21.1 Å². The maximum Gasteiger partial charge on any atom is 0.337 e. The lowest BCUT2D eigenvalue weighted by molar-refractivity contribution is 0.0698. The number of aromatic carboxylic acids is 1. The third kappa shape index (κ3) is 2.82. The van der Waals surface area contributed by atoms with Crippen LogP contribution in [0.2, 0.25) is 0 Å². The molecule has 1 amide bonds. The van der Waals surface area contributed by atoms with Gasteiger partial charge in [-0.3, -0.25) is 4.79 Å². The summed E-state index contributed by atoms with van der Waals surface area (Å²) in [6.07, 6.45) is 1.41. The molecule has 19 heavy (non-hydrogen) atoms. The Morgan fingerprint density at radius 3 is 2.74 bits per heavy atom. The molecule has 0 bridgehead atoms. The van der Waals surface area contributed by atoms with E-state index < -0.39 is 11.9 Å². The molecule has 2 rings (SSSR count). The van der Waals surface area contributed by atoms with E-state index >= 15 is 0 Å². The molecule has 7 heteroatoms. The Bertz CT molecular complexity index is 651. The van der Waals surface area contributed by atoms with Crippen LogP contribution in [0.1, 0.15) is 26.5 Å². The number of carboxylic acid groups (broad SMARTS) is 1. The van der Waals surface area contributed by atoms with Gasteiger partial charge >= 0.3 is 5.97 Å². The molecular formula is C12H9BrN2O4. The SMILES string of the molecule is Cc1cnoc1C(=O)Nc1cc(Br)ccc1C(=O)O. The molecule has 0 fully saturated rings. The minimum atomic E-state index is -1.13. The first-order chi connectivity index (χ1) is 8.99. The zero-order valence-electron chi connectivity index (χ0n) is 9.81. The van der Waals surface area contributed by atoms with E-state index in [1.165, 1.54) is 18.3 Å². The second kappa shape index (κ2) is 5.23. The summed E-state index contributed by atoms with van der Waals surface area (Å²) in [6, 6.07) is 4.49. The van der Waals surface area contributed by atoms with Gasteiger partial charge in [-0.15, -0.1) is 0 Å². The summed E-state index contributed by atoms with van der Waals surface area (Å²) >= 11 is 3.22. The number of hydrogen-bond acceptors (Lipinski definition) is 4. The number of benzene rings is 1. The van der Waals surface area contributed by atoms with Gasteiger partial charge in [-0.05, 0) is 25.1 Å². The Kier molecular flexibility index (Phi) is 3.66. The molecule has 0 unspecified atom stereocenters. The first kappa shape index (κ1) is 13.3. The number of nitrogens with zero attached hydrogens (tertiary/aromatic N) is 1. The van der Waals surface area contributed by atoms with Crippen LogP contribution in [0, 0.1) is 6.92 Å². The van der Waals surface area contributed by atoms with Crippen LogP contribution < -0.4 is 5.32 Å². The molecule has 0 aliphatic rings. The molecule has 1 aromatic heterocycles. The topological polar surface area (TPSA) is 92.4 Å². The number of anilines is 1. The van der Waals surface area contributed by atoms with Crippen molar-refractivity contribution in [3.8, 4) is 0 Å². The fourth-order valence-electron chi connectivity index (χ4n) is 1.49. The average molecular weight is 325 g/mol. The summed E-state index contributed by atoms with van der Waals surface area (Å²) in [4.78, 5) is 23.0. The van der Waals surface area contributed by atoms with Crippen LogP contribution in [0.5, 0.6) is 0 Å². The van der Waals surface area contributed by atoms with E-state index in [0.29, 0.717) is 10.0 Å². The molecule has 1 heterocycles. The molecule has 2 aromatic rings. The van der Waals surface area contributed by atoms with Crippen molar-refractivity contribution in [2.45, 2.75) is 6.92 Å². The van der Waals surface area contributed by atoms with Crippen molar-refractivity contribution in [3.05, 3.63) is 45.8 Å². The highest BCUT2D eigenvalue weighted by Gasteiger charge is 2.18. The van der Waals surface area contributed by atoms with Crippen molar-refractivity contribution >= 4 is 33.5 Å². The van der Waals surface area contributed by atoms with Crippen molar-refractivity contribution in [1.82, 2.24) is 5.16 Å². The number of amides is 1. The second-order valence-electron chi connectivity index (χ2n) is 3.79. The van der Waals surface area contributed by atoms with Gasteiger partial charge in [-0.2, -0.15) is 0 Å². The minimum Gasteiger partial charge on any atom is -0.478 e. The number of rotatable bonds is 3. The molecule has 0 atom stereocenters. The highest BCUT2D eigenvalue weighted by Crippen LogP contribution is 2.22. The van der Waals surface area contributed by atoms with Crippen LogP contribution in [-0.2, 0) is 0 Å². The quantitative estimate of drug-likeness (QED) is 0.905. The lowest BCUT2D eigenvalue weighted by Gasteiger charge is -2.07. The highest BCUT2D eigenvalue weighted by molar-refractivity contribution is 9.10. The molecule has 0 aliphatic carbocycles. The fraction of sp³-hybridized carbons (Fsp3) is 0.0833. The Morgan fingerprint density at radius 2 is 2.16 bits per heavy atom. The number of nitrogens with one attached hydrogen (secondary N) is 1. The number of aromatic nitrogens is 1. The third-order valence-electron chi connectivity index (χ3n) is 2.41. The fourth-order valence-corrected chi connectivity index (χ4v) is 1.86. The predicted molar refractivity (Wildman–Crippen MR) is 70.3 cm³/mol. The number of carbonyl (C=O) groups is 2. The van der Waals surface area contributed by atoms with E-state index in [-0.39, 0.29) is 17.0 Å². The summed E-state index contributed by atoms with van der Waals surface area (Å²) in [7, 11) is 0. The van der Waals surface area contributed by atoms with Crippen LogP contribution in [0.3, 0.4) is 0 Å². The molecule has 0 saturated heterocycles. The van der Waals surface area contributed by atoms with E-state index in [9.17, 15) is 9.59 Å². The zero-order valence-corrected chi connectivity index (χ0v) is 11.4. The average Bonchev–Trinajstić information content (AvgIpc) is 2.75. The van der Waals surface area contributed by atoms with E-state index in [2.05, 4.69) is 26.4 Å². The molecule has 0 radical (unpaired) electrons. The van der Waals surface area contributed by atoms with Crippen LogP contribution in [0.15, 0.2) is 33.4 Å². The monoisotopic (exact) mass is 324 g/mol. The van der Waals surface area contributed by atoms with Crippen LogP contribution in [0.25, 0.3) is 0 Å². The first-order valence-electron chi connectivity index (χ1n) is 5.24. The molecule has 1 aromatic carbocycles. The standard InChI is InChI=1S/C12H9BrN2O4/c1-6-5-14-19-10(6)11(16)15-9-4-7(13)2-3-8(9)12(17)18/h2-5H,1H3,(H,15,16)(H,17,18). The molecule has 0 saturated carbocycles. The molecular weight excluding hydrogens is 316 g/mol. The van der Waals surface area contributed by atoms with Crippen molar-refractivity contribution in [1.29, 1.82) is 0 Å². The van der Waals surface area contributed by atoms with Crippen LogP contribution >= 0.6 is 15.9 Å². The Labute approximate surface area is 116 Å². The maximum atomic E-state index is 11.9. The predicted octanol–water partition coefficient (Wildman–Crippen LogP) is 2.70. The van der Waals surface area contributed by atoms with Gasteiger partial charge in [0.25, 0.3) is 5.91 Å². The van der Waals surface area contributed by atoms with Gasteiger partial charge in [-0.25, -0.2) is 4.79 Å². The summed E-state index contributed by atoms with van der Waals surface area (Å²) in [5.74, 6) is -1.62. The Hall–Kier alpha value is -2.15. The first-order valence-corrected chi connectivity index (χ1v) is 6.04.